The molecule has 31 heavy (non-hydrogen) atoms. The molecule has 1 heterocycles. The Balaban J connectivity index is 1.95. The van der Waals surface area contributed by atoms with Gasteiger partial charge in [0.2, 0.25) is 0 Å². The maximum atomic E-state index is 13.1. The summed E-state index contributed by atoms with van der Waals surface area (Å²) in [7, 11) is 3.82. The Labute approximate surface area is 183 Å². The molecular formula is C25H28N2O4. The highest BCUT2D eigenvalue weighted by molar-refractivity contribution is 6.14. The molecule has 0 bridgehead atoms. The van der Waals surface area contributed by atoms with E-state index in [1.165, 1.54) is 6.08 Å². The molecule has 0 aliphatic carbocycles. The summed E-state index contributed by atoms with van der Waals surface area (Å²) in [4.78, 5) is 29.5. The van der Waals surface area contributed by atoms with Gasteiger partial charge in [-0.2, -0.15) is 0 Å². The number of hydrogen-bond acceptors (Lipinski definition) is 5. The Bertz CT molecular complexity index is 978. The number of allylic oxidation sites excluding steroid dienone is 1. The van der Waals surface area contributed by atoms with Crippen molar-refractivity contribution in [3.8, 4) is 5.75 Å². The van der Waals surface area contributed by atoms with Crippen LogP contribution in [0.3, 0.4) is 0 Å². The number of amides is 1. The van der Waals surface area contributed by atoms with E-state index in [4.69, 9.17) is 4.74 Å². The lowest BCUT2D eigenvalue weighted by Crippen LogP contribution is -2.36. The van der Waals surface area contributed by atoms with Crippen LogP contribution in [0.25, 0.3) is 6.08 Å². The van der Waals surface area contributed by atoms with Crippen molar-refractivity contribution in [1.82, 2.24) is 9.80 Å². The van der Waals surface area contributed by atoms with Crippen molar-refractivity contribution >= 4 is 17.8 Å². The van der Waals surface area contributed by atoms with Crippen molar-refractivity contribution in [2.45, 2.75) is 13.0 Å². The Morgan fingerprint density at radius 2 is 1.81 bits per heavy atom. The second-order valence-electron chi connectivity index (χ2n) is 7.58. The molecule has 0 fully saturated rings. The van der Waals surface area contributed by atoms with E-state index in [9.17, 15) is 14.7 Å². The average Bonchev–Trinajstić information content (AvgIpc) is 3.02. The minimum absolute atomic E-state index is 0.0973. The summed E-state index contributed by atoms with van der Waals surface area (Å²) in [6, 6.07) is 16.0. The highest BCUT2D eigenvalue weighted by atomic mass is 16.5. The molecule has 1 amide bonds. The Morgan fingerprint density at radius 1 is 1.13 bits per heavy atom. The van der Waals surface area contributed by atoms with Gasteiger partial charge >= 0.3 is 0 Å². The van der Waals surface area contributed by atoms with Crippen LogP contribution in [0.15, 0.2) is 72.0 Å². The van der Waals surface area contributed by atoms with E-state index in [-0.39, 0.29) is 11.4 Å². The van der Waals surface area contributed by atoms with Gasteiger partial charge in [0.25, 0.3) is 5.91 Å². The molecule has 1 aliphatic heterocycles. The largest absolute Gasteiger partial charge is 0.503 e. The molecule has 1 aliphatic rings. The Kier molecular flexibility index (Phi) is 7.26. The van der Waals surface area contributed by atoms with Crippen molar-refractivity contribution in [3.05, 3.63) is 83.1 Å². The third kappa shape index (κ3) is 5.22. The zero-order chi connectivity index (χ0) is 22.4. The topological polar surface area (TPSA) is 70.1 Å². The van der Waals surface area contributed by atoms with Crippen LogP contribution < -0.4 is 4.74 Å². The van der Waals surface area contributed by atoms with Crippen LogP contribution in [0.4, 0.5) is 0 Å². The molecule has 1 N–H and O–H groups in total. The molecule has 3 rings (SSSR count). The van der Waals surface area contributed by atoms with E-state index >= 15 is 0 Å². The summed E-state index contributed by atoms with van der Waals surface area (Å²) in [5, 5.41) is 10.6. The number of ether oxygens (including phenoxy) is 1. The lowest BCUT2D eigenvalue weighted by molar-refractivity contribution is -0.129. The van der Waals surface area contributed by atoms with E-state index in [0.29, 0.717) is 25.4 Å². The number of aliphatic hydroxyl groups is 1. The smallest absolute Gasteiger partial charge is 0.290 e. The summed E-state index contributed by atoms with van der Waals surface area (Å²) < 4.78 is 5.51. The molecule has 2 aromatic rings. The molecule has 2 aromatic carbocycles. The van der Waals surface area contributed by atoms with Crippen molar-refractivity contribution in [3.63, 3.8) is 0 Å². The molecule has 0 aromatic heterocycles. The van der Waals surface area contributed by atoms with Gasteiger partial charge in [0, 0.05) is 13.1 Å². The van der Waals surface area contributed by atoms with Crippen LogP contribution in [-0.4, -0.2) is 60.4 Å². The maximum Gasteiger partial charge on any atom is 0.290 e. The predicted octanol–water partition coefficient (Wildman–Crippen LogP) is 3.62. The number of aliphatic hydroxyl groups excluding tert-OH is 1. The van der Waals surface area contributed by atoms with Crippen LogP contribution in [-0.2, 0) is 9.59 Å². The van der Waals surface area contributed by atoms with Gasteiger partial charge in [0.1, 0.15) is 5.75 Å². The molecule has 6 heteroatoms. The molecule has 0 spiro atoms. The third-order valence-electron chi connectivity index (χ3n) is 5.09. The van der Waals surface area contributed by atoms with E-state index in [1.807, 2.05) is 80.5 Å². The van der Waals surface area contributed by atoms with Gasteiger partial charge in [-0.3, -0.25) is 9.59 Å². The zero-order valence-corrected chi connectivity index (χ0v) is 18.1. The highest BCUT2D eigenvalue weighted by Gasteiger charge is 2.42. The van der Waals surface area contributed by atoms with E-state index in [2.05, 4.69) is 0 Å². The molecular weight excluding hydrogens is 392 g/mol. The zero-order valence-electron chi connectivity index (χ0n) is 18.1. The number of hydrogen-bond donors (Lipinski definition) is 1. The fraction of sp³-hybridized carbons (Fsp3) is 0.280. The number of nitrogens with zero attached hydrogens (tertiary/aromatic N) is 2. The number of rotatable bonds is 9. The van der Waals surface area contributed by atoms with Gasteiger partial charge in [-0.25, -0.2) is 0 Å². The number of likely N-dealkylation sites (N-methyl/N-ethyl adjacent to an activating group) is 1. The first-order valence-electron chi connectivity index (χ1n) is 10.3. The van der Waals surface area contributed by atoms with Crippen molar-refractivity contribution in [1.29, 1.82) is 0 Å². The monoisotopic (exact) mass is 420 g/mol. The molecule has 0 saturated carbocycles. The molecule has 0 saturated heterocycles. The predicted molar refractivity (Wildman–Crippen MR) is 121 cm³/mol. The van der Waals surface area contributed by atoms with Crippen molar-refractivity contribution in [2.75, 3.05) is 33.8 Å². The lowest BCUT2D eigenvalue weighted by Gasteiger charge is -2.28. The lowest BCUT2D eigenvalue weighted by atomic mass is 9.95. The Hall–Kier alpha value is -3.38. The minimum atomic E-state index is -0.656. The molecule has 1 atom stereocenters. The van der Waals surface area contributed by atoms with E-state index in [0.717, 1.165) is 11.1 Å². The number of benzene rings is 2. The van der Waals surface area contributed by atoms with Gasteiger partial charge in [-0.1, -0.05) is 48.5 Å². The van der Waals surface area contributed by atoms with Gasteiger partial charge in [-0.05, 0) is 50.4 Å². The quantitative estimate of drug-likeness (QED) is 0.628. The highest BCUT2D eigenvalue weighted by Crippen LogP contribution is 2.38. The summed E-state index contributed by atoms with van der Waals surface area (Å²) in [5.74, 6) is -0.695. The summed E-state index contributed by atoms with van der Waals surface area (Å²) in [6.07, 6.45) is 3.09. The first-order valence-corrected chi connectivity index (χ1v) is 10.3. The van der Waals surface area contributed by atoms with Crippen molar-refractivity contribution in [2.24, 2.45) is 0 Å². The van der Waals surface area contributed by atoms with Crippen LogP contribution in [0.1, 0.15) is 24.1 Å². The minimum Gasteiger partial charge on any atom is -0.503 e. The molecule has 6 nitrogen and oxygen atoms in total. The standard InChI is InChI=1S/C25H28N2O4/c1-4-31-20-13-11-19(12-14-20)23-22(21(28)15-10-18-8-6-5-7-9-18)24(29)25(30)27(23)17-16-26(2)3/h5-15,23,29H,4,16-17H2,1-3H3/b15-10+. The van der Waals surface area contributed by atoms with Crippen LogP contribution >= 0.6 is 0 Å². The fourth-order valence-electron chi connectivity index (χ4n) is 3.53. The van der Waals surface area contributed by atoms with Gasteiger partial charge in [-0.15, -0.1) is 0 Å². The maximum absolute atomic E-state index is 13.1. The summed E-state index contributed by atoms with van der Waals surface area (Å²) >= 11 is 0. The third-order valence-corrected chi connectivity index (χ3v) is 5.09. The van der Waals surface area contributed by atoms with Gasteiger partial charge < -0.3 is 19.6 Å². The first-order chi connectivity index (χ1) is 14.9. The molecule has 162 valence electrons. The normalized spacial score (nSPS) is 16.6. The number of carbonyl (C=O) groups excluding carboxylic acids is 2. The molecule has 1 unspecified atom stereocenters. The van der Waals surface area contributed by atoms with Crippen LogP contribution in [0.2, 0.25) is 0 Å². The van der Waals surface area contributed by atoms with Crippen molar-refractivity contribution < 1.29 is 19.4 Å². The second-order valence-corrected chi connectivity index (χ2v) is 7.58. The van der Waals surface area contributed by atoms with E-state index in [1.54, 1.807) is 11.0 Å². The second kappa shape index (κ2) is 10.1. The van der Waals surface area contributed by atoms with Gasteiger partial charge in [0.15, 0.2) is 11.5 Å². The summed E-state index contributed by atoms with van der Waals surface area (Å²) in [5.41, 5.74) is 1.71. The fourth-order valence-corrected chi connectivity index (χ4v) is 3.53. The first kappa shape index (κ1) is 22.3. The SMILES string of the molecule is CCOc1ccc(C2C(C(=O)/C=C/c3ccccc3)=C(O)C(=O)N2CCN(C)C)cc1. The average molecular weight is 421 g/mol. The summed E-state index contributed by atoms with van der Waals surface area (Å²) in [6.45, 7) is 3.44. The van der Waals surface area contributed by atoms with E-state index < -0.39 is 17.7 Å². The Morgan fingerprint density at radius 3 is 2.42 bits per heavy atom. The number of carbonyl (C=O) groups is 2. The van der Waals surface area contributed by atoms with Gasteiger partial charge in [0.05, 0.1) is 18.2 Å². The number of ketones is 1. The van der Waals surface area contributed by atoms with Crippen LogP contribution in [0, 0.1) is 0 Å². The van der Waals surface area contributed by atoms with Crippen LogP contribution in [0.5, 0.6) is 5.75 Å². The molecule has 0 radical (unpaired) electrons.